The van der Waals surface area contributed by atoms with Crippen molar-refractivity contribution in [3.63, 3.8) is 0 Å². The third-order valence-corrected chi connectivity index (χ3v) is 6.21. The number of anilines is 1. The summed E-state index contributed by atoms with van der Waals surface area (Å²) in [6.45, 7) is 4.64. The van der Waals surface area contributed by atoms with Crippen molar-refractivity contribution >= 4 is 29.1 Å². The molecule has 1 amide bonds. The highest BCUT2D eigenvalue weighted by molar-refractivity contribution is 6.05. The van der Waals surface area contributed by atoms with Gasteiger partial charge in [-0.3, -0.25) is 15.6 Å². The van der Waals surface area contributed by atoms with E-state index >= 15 is 0 Å². The number of aryl methyl sites for hydroxylation is 1. The molecule has 4 rings (SSSR count). The normalized spacial score (nSPS) is 15.6. The van der Waals surface area contributed by atoms with Crippen molar-refractivity contribution in [3.05, 3.63) is 70.3 Å². The van der Waals surface area contributed by atoms with Gasteiger partial charge in [0.1, 0.15) is 0 Å². The molecule has 0 fully saturated rings. The number of carbonyl (C=O) groups is 1. The van der Waals surface area contributed by atoms with Crippen LogP contribution in [-0.4, -0.2) is 47.3 Å². The van der Waals surface area contributed by atoms with Crippen LogP contribution in [0.5, 0.6) is 0 Å². The summed E-state index contributed by atoms with van der Waals surface area (Å²) in [5, 5.41) is 18.2. The second kappa shape index (κ2) is 8.74. The molecule has 0 saturated heterocycles. The first-order chi connectivity index (χ1) is 15.3. The fourth-order valence-corrected chi connectivity index (χ4v) is 4.30. The zero-order valence-corrected chi connectivity index (χ0v) is 18.2. The summed E-state index contributed by atoms with van der Waals surface area (Å²) in [6.07, 6.45) is 3.71. The fraction of sp³-hybridized carbons (Fsp3) is 0.292. The van der Waals surface area contributed by atoms with Crippen LogP contribution < -0.4 is 16.8 Å². The minimum Gasteiger partial charge on any atom is -0.370 e. The molecule has 0 bridgehead atoms. The van der Waals surface area contributed by atoms with Crippen LogP contribution in [0.2, 0.25) is 0 Å². The third kappa shape index (κ3) is 4.44. The lowest BCUT2D eigenvalue weighted by Crippen LogP contribution is -2.40. The molecule has 0 unspecified atom stereocenters. The topological polar surface area (TPSA) is 135 Å². The lowest BCUT2D eigenvalue weighted by atomic mass is 9.95. The lowest BCUT2D eigenvalue weighted by Gasteiger charge is -2.29. The van der Waals surface area contributed by atoms with Crippen molar-refractivity contribution < 1.29 is 4.79 Å². The van der Waals surface area contributed by atoms with Crippen molar-refractivity contribution in [1.29, 1.82) is 10.8 Å². The van der Waals surface area contributed by atoms with Crippen LogP contribution >= 0.6 is 0 Å². The quantitative estimate of drug-likeness (QED) is 0.376. The van der Waals surface area contributed by atoms with Crippen molar-refractivity contribution in [2.75, 3.05) is 25.0 Å². The van der Waals surface area contributed by atoms with Gasteiger partial charge in [0, 0.05) is 37.4 Å². The van der Waals surface area contributed by atoms with Gasteiger partial charge >= 0.3 is 0 Å². The molecular formula is C24H29N7O. The summed E-state index contributed by atoms with van der Waals surface area (Å²) in [4.78, 5) is 16.6. The van der Waals surface area contributed by atoms with Crippen molar-refractivity contribution in [1.82, 2.24) is 9.80 Å². The Morgan fingerprint density at radius 2 is 1.72 bits per heavy atom. The minimum absolute atomic E-state index is 0.0899. The second-order valence-corrected chi connectivity index (χ2v) is 8.33. The maximum atomic E-state index is 12.9. The Bertz CT molecular complexity index is 1120. The lowest BCUT2D eigenvalue weighted by molar-refractivity contribution is 0.102. The van der Waals surface area contributed by atoms with Crippen LogP contribution in [0.15, 0.2) is 42.5 Å². The van der Waals surface area contributed by atoms with E-state index in [0.29, 0.717) is 25.2 Å². The molecule has 2 aromatic carbocycles. The standard InChI is InChI=1S/C24H29N7O/c1-15-12-17(16-6-9-30(10-7-16)23(25)26)3-5-21(15)22(32)29-20-4-2-19-14-31(24(27)28)11-8-18(19)13-20/h2-6,12-13H,7-11,14H2,1H3,(H3,25,26)(H3,27,28)(H,29,32). The molecule has 0 radical (unpaired) electrons. The summed E-state index contributed by atoms with van der Waals surface area (Å²) in [5.74, 6) is 0.0597. The summed E-state index contributed by atoms with van der Waals surface area (Å²) < 4.78 is 0. The van der Waals surface area contributed by atoms with E-state index in [1.54, 1.807) is 0 Å². The summed E-state index contributed by atoms with van der Waals surface area (Å²) in [7, 11) is 0. The predicted octanol–water partition coefficient (Wildman–Crippen LogP) is 2.48. The van der Waals surface area contributed by atoms with E-state index in [-0.39, 0.29) is 17.8 Å². The Kier molecular flexibility index (Phi) is 5.85. The highest BCUT2D eigenvalue weighted by atomic mass is 16.1. The molecule has 0 atom stereocenters. The molecule has 0 aromatic heterocycles. The van der Waals surface area contributed by atoms with Gasteiger partial charge in [0.25, 0.3) is 5.91 Å². The number of hydrogen-bond donors (Lipinski definition) is 5. The van der Waals surface area contributed by atoms with Crippen LogP contribution in [0, 0.1) is 17.7 Å². The van der Waals surface area contributed by atoms with E-state index in [9.17, 15) is 4.79 Å². The number of hydrogen-bond acceptors (Lipinski definition) is 3. The Hall–Kier alpha value is -3.81. The van der Waals surface area contributed by atoms with Crippen LogP contribution in [0.25, 0.3) is 5.57 Å². The molecule has 0 spiro atoms. The number of benzene rings is 2. The first-order valence-electron chi connectivity index (χ1n) is 10.7. The van der Waals surface area contributed by atoms with Gasteiger partial charge in [0.2, 0.25) is 0 Å². The zero-order chi connectivity index (χ0) is 22.8. The van der Waals surface area contributed by atoms with Gasteiger partial charge in [0.15, 0.2) is 11.9 Å². The van der Waals surface area contributed by atoms with Gasteiger partial charge in [-0.15, -0.1) is 0 Å². The predicted molar refractivity (Wildman–Crippen MR) is 128 cm³/mol. The van der Waals surface area contributed by atoms with E-state index in [4.69, 9.17) is 22.3 Å². The number of rotatable bonds is 3. The number of nitrogens with zero attached hydrogens (tertiary/aromatic N) is 2. The molecule has 7 N–H and O–H groups in total. The van der Waals surface area contributed by atoms with Gasteiger partial charge < -0.3 is 26.6 Å². The maximum Gasteiger partial charge on any atom is 0.255 e. The summed E-state index contributed by atoms with van der Waals surface area (Å²) in [5.41, 5.74) is 18.1. The molecule has 8 heteroatoms. The monoisotopic (exact) mass is 431 g/mol. The van der Waals surface area contributed by atoms with Crippen molar-refractivity contribution in [2.45, 2.75) is 26.3 Å². The number of carbonyl (C=O) groups excluding carboxylic acids is 1. The first-order valence-corrected chi connectivity index (χ1v) is 10.7. The summed E-state index contributed by atoms with van der Waals surface area (Å²) >= 11 is 0. The largest absolute Gasteiger partial charge is 0.370 e. The van der Waals surface area contributed by atoms with E-state index < -0.39 is 0 Å². The van der Waals surface area contributed by atoms with Crippen LogP contribution in [0.3, 0.4) is 0 Å². The molecule has 2 aromatic rings. The molecule has 0 saturated carbocycles. The maximum absolute atomic E-state index is 12.9. The Morgan fingerprint density at radius 1 is 0.969 bits per heavy atom. The van der Waals surface area contributed by atoms with Gasteiger partial charge in [-0.25, -0.2) is 0 Å². The van der Waals surface area contributed by atoms with Crippen molar-refractivity contribution in [2.24, 2.45) is 11.5 Å². The SMILES string of the molecule is Cc1cc(C2=CCN(C(=N)N)CC2)ccc1C(=O)Nc1ccc2c(c1)CCN(C(=N)N)C2. The van der Waals surface area contributed by atoms with Gasteiger partial charge in [-0.05, 0) is 65.8 Å². The van der Waals surface area contributed by atoms with Gasteiger partial charge in [-0.2, -0.15) is 0 Å². The van der Waals surface area contributed by atoms with E-state index in [0.717, 1.165) is 41.8 Å². The number of guanidine groups is 2. The van der Waals surface area contributed by atoms with Crippen LogP contribution in [0.1, 0.15) is 39.0 Å². The molecular weight excluding hydrogens is 402 g/mol. The number of nitrogens with one attached hydrogen (secondary N) is 3. The second-order valence-electron chi connectivity index (χ2n) is 8.33. The van der Waals surface area contributed by atoms with E-state index in [1.165, 1.54) is 11.1 Å². The van der Waals surface area contributed by atoms with Crippen LogP contribution in [-0.2, 0) is 13.0 Å². The van der Waals surface area contributed by atoms with Gasteiger partial charge in [-0.1, -0.05) is 24.3 Å². The number of fused-ring (bicyclic) bond motifs is 1. The van der Waals surface area contributed by atoms with Gasteiger partial charge in [0.05, 0.1) is 0 Å². The molecule has 32 heavy (non-hydrogen) atoms. The van der Waals surface area contributed by atoms with E-state index in [2.05, 4.69) is 11.4 Å². The number of nitrogens with two attached hydrogens (primary N) is 2. The molecule has 8 nitrogen and oxygen atoms in total. The highest BCUT2D eigenvalue weighted by Gasteiger charge is 2.19. The average Bonchev–Trinajstić information content (AvgIpc) is 2.78. The summed E-state index contributed by atoms with van der Waals surface area (Å²) in [6, 6.07) is 11.8. The third-order valence-electron chi connectivity index (χ3n) is 6.21. The highest BCUT2D eigenvalue weighted by Crippen LogP contribution is 2.26. The average molecular weight is 432 g/mol. The number of amides is 1. The fourth-order valence-electron chi connectivity index (χ4n) is 4.30. The zero-order valence-electron chi connectivity index (χ0n) is 18.2. The van der Waals surface area contributed by atoms with E-state index in [1.807, 2.05) is 53.1 Å². The smallest absolute Gasteiger partial charge is 0.255 e. The minimum atomic E-state index is -0.129. The Balaban J connectivity index is 1.45. The molecule has 2 heterocycles. The Morgan fingerprint density at radius 3 is 2.38 bits per heavy atom. The molecule has 2 aliphatic heterocycles. The van der Waals surface area contributed by atoms with Crippen LogP contribution in [0.4, 0.5) is 5.69 Å². The molecule has 2 aliphatic rings. The first kappa shape index (κ1) is 21.4. The Labute approximate surface area is 187 Å². The molecule has 166 valence electrons. The van der Waals surface area contributed by atoms with Crippen molar-refractivity contribution in [3.8, 4) is 0 Å². The molecule has 0 aliphatic carbocycles.